The Kier molecular flexibility index (Phi) is 3.38. The molecule has 2 heterocycles. The number of nitrogens with zero attached hydrogens (tertiary/aromatic N) is 2. The minimum Gasteiger partial charge on any atom is -0.314 e. The number of hydrogen-bond donors (Lipinski definition) is 1. The van der Waals surface area contributed by atoms with E-state index in [2.05, 4.69) is 41.6 Å². The van der Waals surface area contributed by atoms with Crippen LogP contribution >= 0.6 is 0 Å². The van der Waals surface area contributed by atoms with Gasteiger partial charge in [-0.25, -0.2) is 0 Å². The average Bonchev–Trinajstić information content (AvgIpc) is 3.03. The van der Waals surface area contributed by atoms with E-state index in [9.17, 15) is 0 Å². The lowest BCUT2D eigenvalue weighted by atomic mass is 9.98. The molecule has 1 aromatic carbocycles. The smallest absolute Gasteiger partial charge is 0.0571 e. The highest BCUT2D eigenvalue weighted by Gasteiger charge is 2.19. The van der Waals surface area contributed by atoms with Gasteiger partial charge in [-0.05, 0) is 37.4 Å². The van der Waals surface area contributed by atoms with Crippen LogP contribution < -0.4 is 5.32 Å². The highest BCUT2D eigenvalue weighted by atomic mass is 15.3. The number of nitrogens with one attached hydrogen (secondary N) is 1. The zero-order valence-electron chi connectivity index (χ0n) is 11.7. The van der Waals surface area contributed by atoms with Crippen molar-refractivity contribution < 1.29 is 0 Å². The van der Waals surface area contributed by atoms with Crippen molar-refractivity contribution in [1.82, 2.24) is 15.1 Å². The molecule has 0 aliphatic carbocycles. The first kappa shape index (κ1) is 12.4. The first-order valence-corrected chi connectivity index (χ1v) is 7.06. The summed E-state index contributed by atoms with van der Waals surface area (Å²) >= 11 is 0. The van der Waals surface area contributed by atoms with E-state index in [4.69, 9.17) is 0 Å². The molecule has 0 radical (unpaired) electrons. The van der Waals surface area contributed by atoms with Gasteiger partial charge >= 0.3 is 0 Å². The molecule has 3 nitrogen and oxygen atoms in total. The Morgan fingerprint density at radius 2 is 2.16 bits per heavy atom. The van der Waals surface area contributed by atoms with Crippen LogP contribution in [0.4, 0.5) is 0 Å². The summed E-state index contributed by atoms with van der Waals surface area (Å²) in [5.41, 5.74) is 5.25. The highest BCUT2D eigenvalue weighted by Crippen LogP contribution is 2.28. The van der Waals surface area contributed by atoms with Gasteiger partial charge in [0.05, 0.1) is 6.20 Å². The standard InChI is InChI=1S/C16H21N3/c1-12-6-3-4-8-14(12)15-11-18-19(2)16(15)10-13-7-5-9-17-13/h3-4,6,8,11,13,17H,5,7,9-10H2,1-2H3. The predicted octanol–water partition coefficient (Wildman–Crippen LogP) is 2.69. The zero-order valence-corrected chi connectivity index (χ0v) is 11.7. The second-order valence-electron chi connectivity index (χ2n) is 5.44. The normalized spacial score (nSPS) is 18.9. The lowest BCUT2D eigenvalue weighted by molar-refractivity contribution is 0.571. The Morgan fingerprint density at radius 1 is 1.32 bits per heavy atom. The zero-order chi connectivity index (χ0) is 13.2. The molecular weight excluding hydrogens is 234 g/mol. The number of aromatic nitrogens is 2. The second-order valence-corrected chi connectivity index (χ2v) is 5.44. The van der Waals surface area contributed by atoms with Crippen LogP contribution in [-0.4, -0.2) is 22.4 Å². The third-order valence-corrected chi connectivity index (χ3v) is 4.10. The van der Waals surface area contributed by atoms with Gasteiger partial charge in [0.2, 0.25) is 0 Å². The van der Waals surface area contributed by atoms with Crippen molar-refractivity contribution in [2.75, 3.05) is 6.54 Å². The van der Waals surface area contributed by atoms with Crippen LogP contribution in [0.5, 0.6) is 0 Å². The summed E-state index contributed by atoms with van der Waals surface area (Å²) in [6, 6.07) is 9.16. The van der Waals surface area contributed by atoms with E-state index in [1.165, 1.54) is 35.2 Å². The quantitative estimate of drug-likeness (QED) is 0.914. The molecule has 1 saturated heterocycles. The van der Waals surface area contributed by atoms with E-state index in [-0.39, 0.29) is 0 Å². The predicted molar refractivity (Wildman–Crippen MR) is 78.1 cm³/mol. The molecule has 1 unspecified atom stereocenters. The Bertz CT molecular complexity index is 565. The molecule has 19 heavy (non-hydrogen) atoms. The third-order valence-electron chi connectivity index (χ3n) is 4.10. The fourth-order valence-corrected chi connectivity index (χ4v) is 2.97. The molecule has 1 aliphatic heterocycles. The molecule has 1 aromatic heterocycles. The molecule has 3 rings (SSSR count). The summed E-state index contributed by atoms with van der Waals surface area (Å²) in [6.45, 7) is 3.32. The van der Waals surface area contributed by atoms with E-state index in [0.717, 1.165) is 13.0 Å². The Morgan fingerprint density at radius 3 is 2.89 bits per heavy atom. The fourth-order valence-electron chi connectivity index (χ4n) is 2.97. The van der Waals surface area contributed by atoms with Gasteiger partial charge in [0.1, 0.15) is 0 Å². The van der Waals surface area contributed by atoms with Crippen molar-refractivity contribution in [1.29, 1.82) is 0 Å². The Balaban J connectivity index is 1.96. The van der Waals surface area contributed by atoms with E-state index < -0.39 is 0 Å². The third kappa shape index (κ3) is 2.43. The molecule has 0 amide bonds. The highest BCUT2D eigenvalue weighted by molar-refractivity contribution is 5.68. The van der Waals surface area contributed by atoms with E-state index in [0.29, 0.717) is 6.04 Å². The lowest BCUT2D eigenvalue weighted by Gasteiger charge is -2.13. The van der Waals surface area contributed by atoms with Crippen LogP contribution in [0.3, 0.4) is 0 Å². The lowest BCUT2D eigenvalue weighted by Crippen LogP contribution is -2.25. The van der Waals surface area contributed by atoms with Crippen LogP contribution in [0.1, 0.15) is 24.1 Å². The van der Waals surface area contributed by atoms with Crippen LogP contribution in [0.25, 0.3) is 11.1 Å². The first-order valence-electron chi connectivity index (χ1n) is 7.06. The monoisotopic (exact) mass is 255 g/mol. The van der Waals surface area contributed by atoms with E-state index >= 15 is 0 Å². The van der Waals surface area contributed by atoms with Crippen LogP contribution in [0, 0.1) is 6.92 Å². The van der Waals surface area contributed by atoms with Gasteiger partial charge < -0.3 is 5.32 Å². The maximum atomic E-state index is 4.47. The molecule has 0 bridgehead atoms. The van der Waals surface area contributed by atoms with E-state index in [1.807, 2.05) is 17.9 Å². The van der Waals surface area contributed by atoms with Crippen molar-refractivity contribution in [2.24, 2.45) is 7.05 Å². The minimum atomic E-state index is 0.609. The van der Waals surface area contributed by atoms with Gasteiger partial charge in [-0.3, -0.25) is 4.68 Å². The van der Waals surface area contributed by atoms with Gasteiger partial charge in [0.25, 0.3) is 0 Å². The maximum absolute atomic E-state index is 4.47. The van der Waals surface area contributed by atoms with Gasteiger partial charge in [-0.2, -0.15) is 5.10 Å². The maximum Gasteiger partial charge on any atom is 0.0571 e. The summed E-state index contributed by atoms with van der Waals surface area (Å²) < 4.78 is 2.03. The van der Waals surface area contributed by atoms with Crippen molar-refractivity contribution >= 4 is 0 Å². The van der Waals surface area contributed by atoms with Crippen LogP contribution in [-0.2, 0) is 13.5 Å². The summed E-state index contributed by atoms with van der Waals surface area (Å²) in [7, 11) is 2.05. The molecule has 0 spiro atoms. The summed E-state index contributed by atoms with van der Waals surface area (Å²) in [5, 5.41) is 8.04. The molecular formula is C16H21N3. The molecule has 1 fully saturated rings. The Hall–Kier alpha value is -1.61. The number of benzene rings is 1. The number of rotatable bonds is 3. The fraction of sp³-hybridized carbons (Fsp3) is 0.438. The topological polar surface area (TPSA) is 29.9 Å². The van der Waals surface area contributed by atoms with Crippen molar-refractivity contribution in [3.05, 3.63) is 41.7 Å². The second kappa shape index (κ2) is 5.17. The average molecular weight is 255 g/mol. The molecule has 3 heteroatoms. The molecule has 1 atom stereocenters. The summed E-state index contributed by atoms with van der Waals surface area (Å²) in [6.07, 6.45) is 5.65. The largest absolute Gasteiger partial charge is 0.314 e. The van der Waals surface area contributed by atoms with E-state index in [1.54, 1.807) is 0 Å². The van der Waals surface area contributed by atoms with Gasteiger partial charge in [0, 0.05) is 30.8 Å². The Labute approximate surface area is 114 Å². The SMILES string of the molecule is Cc1ccccc1-c1cnn(C)c1CC1CCCN1. The molecule has 2 aromatic rings. The number of aryl methyl sites for hydroxylation is 2. The van der Waals surface area contributed by atoms with Crippen molar-refractivity contribution in [3.8, 4) is 11.1 Å². The molecule has 1 N–H and O–H groups in total. The minimum absolute atomic E-state index is 0.609. The molecule has 1 aliphatic rings. The first-order chi connectivity index (χ1) is 9.25. The number of hydrogen-bond acceptors (Lipinski definition) is 2. The summed E-state index contributed by atoms with van der Waals surface area (Å²) in [4.78, 5) is 0. The molecule has 100 valence electrons. The van der Waals surface area contributed by atoms with Gasteiger partial charge in [0.15, 0.2) is 0 Å². The summed E-state index contributed by atoms with van der Waals surface area (Å²) in [5.74, 6) is 0. The van der Waals surface area contributed by atoms with Crippen LogP contribution in [0.15, 0.2) is 30.5 Å². The van der Waals surface area contributed by atoms with Crippen LogP contribution in [0.2, 0.25) is 0 Å². The van der Waals surface area contributed by atoms with Gasteiger partial charge in [-0.1, -0.05) is 24.3 Å². The molecule has 0 saturated carbocycles. The van der Waals surface area contributed by atoms with Crippen molar-refractivity contribution in [3.63, 3.8) is 0 Å². The van der Waals surface area contributed by atoms with Crippen molar-refractivity contribution in [2.45, 2.75) is 32.2 Å². The van der Waals surface area contributed by atoms with Gasteiger partial charge in [-0.15, -0.1) is 0 Å².